The van der Waals surface area contributed by atoms with Crippen LogP contribution in [-0.2, 0) is 35.8 Å². The Morgan fingerprint density at radius 2 is 1.00 bits per heavy atom. The minimum Gasteiger partial charge on any atom is -0.366 e. The van der Waals surface area contributed by atoms with Crippen molar-refractivity contribution >= 4 is 31.9 Å². The molecule has 0 unspecified atom stereocenters. The van der Waals surface area contributed by atoms with Crippen LogP contribution in [-0.4, -0.2) is 34.0 Å². The fraction of sp³-hybridized carbons (Fsp3) is 0.235. The highest BCUT2D eigenvalue weighted by molar-refractivity contribution is 9.12. The van der Waals surface area contributed by atoms with Crippen LogP contribution in [0.1, 0.15) is 16.7 Å². The van der Waals surface area contributed by atoms with Gasteiger partial charge in [0.15, 0.2) is 0 Å². The molecule has 40 heavy (non-hydrogen) atoms. The lowest BCUT2D eigenvalue weighted by atomic mass is 9.80. The van der Waals surface area contributed by atoms with E-state index in [0.29, 0.717) is 0 Å². The van der Waals surface area contributed by atoms with Crippen LogP contribution in [0.3, 0.4) is 0 Å². The van der Waals surface area contributed by atoms with Gasteiger partial charge >= 0.3 is 0 Å². The SMILES string of the molecule is C=C/C=C(Br)\C=C/[C@]1(OC)C=C[C@](OC)(c2ccc([C@]3(OC)C=C[C@](OC)(c4ccc(Br)cc4)C=C3)cc2)C=C1. The van der Waals surface area contributed by atoms with Crippen molar-refractivity contribution in [1.29, 1.82) is 0 Å². The van der Waals surface area contributed by atoms with Crippen LogP contribution in [0, 0.1) is 0 Å². The van der Waals surface area contributed by atoms with Gasteiger partial charge in [-0.1, -0.05) is 80.9 Å². The number of methoxy groups -OCH3 is 4. The molecule has 0 atom stereocenters. The highest BCUT2D eigenvalue weighted by Crippen LogP contribution is 2.41. The van der Waals surface area contributed by atoms with Crippen molar-refractivity contribution in [3.8, 4) is 0 Å². The Hall–Kier alpha value is -2.58. The maximum Gasteiger partial charge on any atom is 0.129 e. The van der Waals surface area contributed by atoms with Gasteiger partial charge in [-0.15, -0.1) is 0 Å². The van der Waals surface area contributed by atoms with Gasteiger partial charge in [0.25, 0.3) is 0 Å². The van der Waals surface area contributed by atoms with Crippen LogP contribution >= 0.6 is 31.9 Å². The van der Waals surface area contributed by atoms with Crippen molar-refractivity contribution in [3.05, 3.63) is 154 Å². The largest absolute Gasteiger partial charge is 0.366 e. The molecular formula is C34H34Br2O4. The molecule has 4 rings (SSSR count). The predicted molar refractivity (Wildman–Crippen MR) is 169 cm³/mol. The van der Waals surface area contributed by atoms with Gasteiger partial charge in [-0.25, -0.2) is 0 Å². The highest BCUT2D eigenvalue weighted by Gasteiger charge is 2.38. The number of ether oxygens (including phenoxy) is 4. The number of benzene rings is 2. The summed E-state index contributed by atoms with van der Waals surface area (Å²) in [6.07, 6.45) is 23.8. The Labute approximate surface area is 254 Å². The normalized spacial score (nSPS) is 29.8. The molecule has 0 heterocycles. The second-order valence-electron chi connectivity index (χ2n) is 9.59. The molecular weight excluding hydrogens is 632 g/mol. The first kappa shape index (κ1) is 30.4. The fourth-order valence-electron chi connectivity index (χ4n) is 4.96. The van der Waals surface area contributed by atoms with Crippen LogP contribution < -0.4 is 0 Å². The van der Waals surface area contributed by atoms with Gasteiger partial charge in [0, 0.05) is 37.4 Å². The summed E-state index contributed by atoms with van der Waals surface area (Å²) < 4.78 is 25.8. The van der Waals surface area contributed by atoms with E-state index in [1.165, 1.54) is 0 Å². The monoisotopic (exact) mass is 664 g/mol. The third-order valence-corrected chi connectivity index (χ3v) is 8.63. The first-order valence-electron chi connectivity index (χ1n) is 12.8. The first-order valence-corrected chi connectivity index (χ1v) is 14.4. The zero-order valence-corrected chi connectivity index (χ0v) is 26.3. The zero-order valence-electron chi connectivity index (χ0n) is 23.1. The first-order chi connectivity index (χ1) is 19.2. The minimum atomic E-state index is -0.728. The molecule has 0 amide bonds. The molecule has 0 saturated heterocycles. The Bertz CT molecular complexity index is 1350. The van der Waals surface area contributed by atoms with Crippen LogP contribution in [0.15, 0.2) is 137 Å². The van der Waals surface area contributed by atoms with Crippen molar-refractivity contribution in [2.24, 2.45) is 0 Å². The second-order valence-corrected chi connectivity index (χ2v) is 11.4. The summed E-state index contributed by atoms with van der Waals surface area (Å²) in [7, 11) is 6.82. The second kappa shape index (κ2) is 12.5. The lowest BCUT2D eigenvalue weighted by Gasteiger charge is -2.37. The van der Waals surface area contributed by atoms with Crippen LogP contribution in [0.2, 0.25) is 0 Å². The van der Waals surface area contributed by atoms with Gasteiger partial charge < -0.3 is 18.9 Å². The zero-order chi connectivity index (χ0) is 28.9. The molecule has 0 aromatic heterocycles. The average molecular weight is 666 g/mol. The summed E-state index contributed by atoms with van der Waals surface area (Å²) in [6.45, 7) is 3.73. The van der Waals surface area contributed by atoms with Crippen LogP contribution in [0.4, 0.5) is 0 Å². The molecule has 0 N–H and O–H groups in total. The lowest BCUT2D eigenvalue weighted by molar-refractivity contribution is 0.0419. The van der Waals surface area contributed by atoms with Gasteiger partial charge in [0.2, 0.25) is 0 Å². The van der Waals surface area contributed by atoms with Crippen molar-refractivity contribution < 1.29 is 18.9 Å². The third kappa shape index (κ3) is 5.89. The van der Waals surface area contributed by atoms with E-state index in [9.17, 15) is 0 Å². The van der Waals surface area contributed by atoms with E-state index in [-0.39, 0.29) is 0 Å². The minimum absolute atomic E-state index is 0.667. The number of halogens is 2. The van der Waals surface area contributed by atoms with Crippen molar-refractivity contribution in [2.45, 2.75) is 22.4 Å². The van der Waals surface area contributed by atoms with Crippen molar-refractivity contribution in [3.63, 3.8) is 0 Å². The summed E-state index contributed by atoms with van der Waals surface area (Å²) in [5.74, 6) is 0. The number of hydrogen-bond donors (Lipinski definition) is 0. The predicted octanol–water partition coefficient (Wildman–Crippen LogP) is 8.33. The van der Waals surface area contributed by atoms with Gasteiger partial charge in [-0.3, -0.25) is 0 Å². The van der Waals surface area contributed by atoms with Gasteiger partial charge in [-0.2, -0.15) is 0 Å². The van der Waals surface area contributed by atoms with Crippen molar-refractivity contribution in [1.82, 2.24) is 0 Å². The standard InChI is InChI=1S/C34H34Br2O4/c1-6-7-29(35)16-17-31(37-2)18-20-32(38-3,21-19-31)26-8-10-27(11-9-26)33(39-4)22-24-34(40-5,25-23-33)28-12-14-30(36)15-13-28/h6-25H,1H2,2-5H3/b17-16-,29-7+/t31-,32+,33-,34+. The third-order valence-electron chi connectivity index (χ3n) is 7.57. The van der Waals surface area contributed by atoms with E-state index in [2.05, 4.69) is 99.1 Å². The van der Waals surface area contributed by atoms with Crippen molar-refractivity contribution in [2.75, 3.05) is 28.4 Å². The summed E-state index contributed by atoms with van der Waals surface area (Å²) in [6, 6.07) is 16.4. The van der Waals surface area contributed by atoms with E-state index >= 15 is 0 Å². The lowest BCUT2D eigenvalue weighted by Crippen LogP contribution is -2.34. The van der Waals surface area contributed by atoms with Gasteiger partial charge in [0.1, 0.15) is 22.4 Å². The molecule has 0 radical (unpaired) electrons. The summed E-state index contributed by atoms with van der Waals surface area (Å²) in [5.41, 5.74) is 0.217. The van der Waals surface area contributed by atoms with Gasteiger partial charge in [-0.05, 0) is 95.7 Å². The summed E-state index contributed by atoms with van der Waals surface area (Å²) in [5, 5.41) is 0. The molecule has 0 spiro atoms. The molecule has 4 nitrogen and oxygen atoms in total. The summed E-state index contributed by atoms with van der Waals surface area (Å²) in [4.78, 5) is 0. The topological polar surface area (TPSA) is 36.9 Å². The van der Waals surface area contributed by atoms with Crippen LogP contribution in [0.25, 0.3) is 0 Å². The molecule has 6 heteroatoms. The molecule has 2 aromatic carbocycles. The Morgan fingerprint density at radius 1 is 0.625 bits per heavy atom. The number of rotatable bonds is 10. The molecule has 0 saturated carbocycles. The Morgan fingerprint density at radius 3 is 1.35 bits per heavy atom. The molecule has 2 aliphatic rings. The smallest absolute Gasteiger partial charge is 0.129 e. The van der Waals surface area contributed by atoms with E-state index in [1.54, 1.807) is 34.5 Å². The molecule has 0 aliphatic heterocycles. The number of hydrogen-bond acceptors (Lipinski definition) is 4. The average Bonchev–Trinajstić information content (AvgIpc) is 3.01. The molecule has 0 fully saturated rings. The van der Waals surface area contributed by atoms with Gasteiger partial charge in [0.05, 0.1) is 0 Å². The maximum absolute atomic E-state index is 6.07. The van der Waals surface area contributed by atoms with E-state index in [4.69, 9.17) is 18.9 Å². The van der Waals surface area contributed by atoms with E-state index < -0.39 is 22.4 Å². The maximum atomic E-state index is 6.07. The highest BCUT2D eigenvalue weighted by atomic mass is 79.9. The number of allylic oxidation sites excluding steroid dienone is 4. The molecule has 208 valence electrons. The van der Waals surface area contributed by atoms with E-state index in [1.807, 2.05) is 54.7 Å². The molecule has 2 aromatic rings. The van der Waals surface area contributed by atoms with Crippen LogP contribution in [0.5, 0.6) is 0 Å². The van der Waals surface area contributed by atoms with E-state index in [0.717, 1.165) is 25.6 Å². The quantitative estimate of drug-likeness (QED) is 0.189. The fourth-order valence-corrected chi connectivity index (χ4v) is 5.54. The molecule has 0 bridgehead atoms. The Kier molecular flexibility index (Phi) is 9.51. The Balaban J connectivity index is 1.61. The summed E-state index contributed by atoms with van der Waals surface area (Å²) >= 11 is 7.02. The molecule has 2 aliphatic carbocycles.